The minimum Gasteiger partial charge on any atom is -0.481 e. The lowest BCUT2D eigenvalue weighted by molar-refractivity contribution is -0.137. The summed E-state index contributed by atoms with van der Waals surface area (Å²) in [6.07, 6.45) is 10.1. The van der Waals surface area contributed by atoms with Gasteiger partial charge in [-0.3, -0.25) is 4.79 Å². The molecule has 0 bridgehead atoms. The highest BCUT2D eigenvalue weighted by Gasteiger charge is 2.74. The number of carboxylic acids is 1. The molecule has 1 N–H and O–H groups in total. The number of hydrogen-bond donors (Lipinski definition) is 1. The average Bonchev–Trinajstić information content (AvgIpc) is 2.98. The summed E-state index contributed by atoms with van der Waals surface area (Å²) in [4.78, 5) is 10.8. The van der Waals surface area contributed by atoms with Crippen molar-refractivity contribution in [3.8, 4) is 0 Å². The van der Waals surface area contributed by atoms with Crippen LogP contribution in [0.4, 0.5) is 0 Å². The second-order valence-corrected chi connectivity index (χ2v) is 8.09. The van der Waals surface area contributed by atoms with E-state index in [-0.39, 0.29) is 0 Å². The molecular weight excluding hydrogens is 248 g/mol. The molecule has 3 aliphatic rings. The molecule has 4 atom stereocenters. The first kappa shape index (κ1) is 14.2. The van der Waals surface area contributed by atoms with E-state index in [2.05, 4.69) is 20.4 Å². The Hall–Kier alpha value is -0.790. The lowest BCUT2D eigenvalue weighted by atomic mass is 9.50. The van der Waals surface area contributed by atoms with Crippen LogP contribution < -0.4 is 0 Å². The summed E-state index contributed by atoms with van der Waals surface area (Å²) in [5.41, 5.74) is 2.91. The summed E-state index contributed by atoms with van der Waals surface area (Å²) in [5.74, 6) is -0.107. The molecule has 0 amide bonds. The molecule has 2 nitrogen and oxygen atoms in total. The number of hydrogen-bond acceptors (Lipinski definition) is 1. The number of carbonyl (C=O) groups is 1. The van der Waals surface area contributed by atoms with E-state index in [4.69, 9.17) is 5.11 Å². The van der Waals surface area contributed by atoms with Crippen molar-refractivity contribution >= 4 is 5.97 Å². The smallest absolute Gasteiger partial charge is 0.303 e. The van der Waals surface area contributed by atoms with Crippen molar-refractivity contribution in [1.82, 2.24) is 0 Å². The molecule has 3 rings (SSSR count). The van der Waals surface area contributed by atoms with Gasteiger partial charge in [-0.05, 0) is 67.1 Å². The van der Waals surface area contributed by atoms with Crippen LogP contribution in [0.25, 0.3) is 0 Å². The molecule has 3 saturated carbocycles. The van der Waals surface area contributed by atoms with Crippen molar-refractivity contribution in [2.24, 2.45) is 22.2 Å². The quantitative estimate of drug-likeness (QED) is 0.749. The van der Waals surface area contributed by atoms with Crippen LogP contribution in [0.5, 0.6) is 0 Å². The van der Waals surface area contributed by atoms with Crippen molar-refractivity contribution in [2.45, 2.75) is 71.6 Å². The monoisotopic (exact) mass is 276 g/mol. The van der Waals surface area contributed by atoms with Gasteiger partial charge in [0.25, 0.3) is 0 Å². The maximum absolute atomic E-state index is 10.8. The van der Waals surface area contributed by atoms with Gasteiger partial charge >= 0.3 is 5.97 Å². The van der Waals surface area contributed by atoms with Crippen molar-refractivity contribution in [3.63, 3.8) is 0 Å². The summed E-state index contributed by atoms with van der Waals surface area (Å²) in [6, 6.07) is 0. The summed E-state index contributed by atoms with van der Waals surface area (Å²) in [7, 11) is 0. The zero-order valence-corrected chi connectivity index (χ0v) is 13.0. The Bertz CT molecular complexity index is 454. The fourth-order valence-corrected chi connectivity index (χ4v) is 6.09. The fraction of sp³-hybridized carbons (Fsp3) is 0.833. The van der Waals surface area contributed by atoms with Crippen LogP contribution in [0, 0.1) is 22.2 Å². The minimum absolute atomic E-state index is 0.310. The van der Waals surface area contributed by atoms with Gasteiger partial charge in [0.15, 0.2) is 0 Å². The van der Waals surface area contributed by atoms with E-state index in [9.17, 15) is 4.79 Å². The predicted molar refractivity (Wildman–Crippen MR) is 80.5 cm³/mol. The number of rotatable bonds is 4. The maximum atomic E-state index is 10.8. The highest BCUT2D eigenvalue weighted by Crippen LogP contribution is 2.83. The first-order valence-corrected chi connectivity index (χ1v) is 8.24. The van der Waals surface area contributed by atoms with Gasteiger partial charge in [0, 0.05) is 6.42 Å². The van der Waals surface area contributed by atoms with Gasteiger partial charge in [0.1, 0.15) is 0 Å². The molecule has 3 aliphatic carbocycles. The molecule has 0 radical (unpaired) electrons. The molecule has 0 aromatic rings. The highest BCUT2D eigenvalue weighted by molar-refractivity contribution is 5.66. The Labute approximate surface area is 122 Å². The molecule has 20 heavy (non-hydrogen) atoms. The molecule has 1 spiro atoms. The van der Waals surface area contributed by atoms with E-state index < -0.39 is 5.97 Å². The first-order chi connectivity index (χ1) is 9.35. The normalized spacial score (nSPS) is 46.5. The summed E-state index contributed by atoms with van der Waals surface area (Å²) >= 11 is 0. The van der Waals surface area contributed by atoms with Gasteiger partial charge in [0.2, 0.25) is 0 Å². The minimum atomic E-state index is -0.661. The Balaban J connectivity index is 1.81. The van der Waals surface area contributed by atoms with Gasteiger partial charge in [-0.25, -0.2) is 0 Å². The second-order valence-electron chi connectivity index (χ2n) is 8.09. The fourth-order valence-electron chi connectivity index (χ4n) is 6.09. The number of aliphatic carboxylic acids is 1. The van der Waals surface area contributed by atoms with Crippen molar-refractivity contribution < 1.29 is 9.90 Å². The van der Waals surface area contributed by atoms with E-state index in [0.717, 1.165) is 12.8 Å². The Morgan fingerprint density at radius 2 is 2.10 bits per heavy atom. The van der Waals surface area contributed by atoms with E-state index in [1.807, 2.05) is 0 Å². The van der Waals surface area contributed by atoms with Gasteiger partial charge < -0.3 is 5.11 Å². The third-order valence-electron chi connectivity index (χ3n) is 7.26. The lowest BCUT2D eigenvalue weighted by Gasteiger charge is -2.54. The number of carboxylic acid groups (broad SMARTS) is 1. The summed E-state index contributed by atoms with van der Waals surface area (Å²) in [6.45, 7) is 9.34. The lowest BCUT2D eigenvalue weighted by Crippen LogP contribution is -2.46. The zero-order valence-electron chi connectivity index (χ0n) is 13.0. The average molecular weight is 276 g/mol. The van der Waals surface area contributed by atoms with Crippen LogP contribution in [0.3, 0.4) is 0 Å². The van der Waals surface area contributed by atoms with E-state index in [1.165, 1.54) is 44.1 Å². The van der Waals surface area contributed by atoms with Crippen molar-refractivity contribution in [3.05, 3.63) is 12.2 Å². The second kappa shape index (κ2) is 4.35. The third kappa shape index (κ3) is 1.72. The molecule has 0 heterocycles. The van der Waals surface area contributed by atoms with Gasteiger partial charge in [0.05, 0.1) is 0 Å². The predicted octanol–water partition coefficient (Wildman–Crippen LogP) is 4.79. The number of allylic oxidation sites excluding steroid dienone is 1. The molecule has 112 valence electrons. The van der Waals surface area contributed by atoms with Gasteiger partial charge in [-0.1, -0.05) is 32.4 Å². The summed E-state index contributed by atoms with van der Waals surface area (Å²) in [5, 5.41) is 8.88. The molecule has 3 fully saturated rings. The maximum Gasteiger partial charge on any atom is 0.303 e. The van der Waals surface area contributed by atoms with Crippen LogP contribution in [-0.4, -0.2) is 11.1 Å². The Morgan fingerprint density at radius 1 is 1.35 bits per heavy atom. The van der Waals surface area contributed by atoms with Crippen LogP contribution in [0.15, 0.2) is 12.2 Å². The molecule has 0 aromatic carbocycles. The molecule has 0 saturated heterocycles. The van der Waals surface area contributed by atoms with Crippen LogP contribution in [0.2, 0.25) is 0 Å². The summed E-state index contributed by atoms with van der Waals surface area (Å²) < 4.78 is 0. The van der Waals surface area contributed by atoms with Gasteiger partial charge in [-0.15, -0.1) is 0 Å². The van der Waals surface area contributed by atoms with Gasteiger partial charge in [-0.2, -0.15) is 0 Å². The molecule has 1 unspecified atom stereocenters. The SMILES string of the molecule is C=C1CCC23C[C@@]2(C)CCC[C@]3(C)[C@H]1CCCC(=O)O. The van der Waals surface area contributed by atoms with Crippen LogP contribution in [-0.2, 0) is 4.79 Å². The van der Waals surface area contributed by atoms with E-state index in [0.29, 0.717) is 28.6 Å². The molecule has 0 aliphatic heterocycles. The topological polar surface area (TPSA) is 37.3 Å². The van der Waals surface area contributed by atoms with Crippen LogP contribution in [0.1, 0.15) is 71.6 Å². The zero-order chi connectivity index (χ0) is 14.6. The third-order valence-corrected chi connectivity index (χ3v) is 7.26. The molecular formula is C18H28O2. The van der Waals surface area contributed by atoms with E-state index >= 15 is 0 Å². The Kier molecular flexibility index (Phi) is 3.08. The van der Waals surface area contributed by atoms with Crippen LogP contribution >= 0.6 is 0 Å². The van der Waals surface area contributed by atoms with Crippen molar-refractivity contribution in [2.75, 3.05) is 0 Å². The molecule has 2 heteroatoms. The Morgan fingerprint density at radius 3 is 2.80 bits per heavy atom. The largest absolute Gasteiger partial charge is 0.481 e. The van der Waals surface area contributed by atoms with Crippen molar-refractivity contribution in [1.29, 1.82) is 0 Å². The standard InChI is InChI=1S/C18H28O2/c1-13-8-11-18-12-16(18,2)9-5-10-17(18,3)14(13)6-4-7-15(19)20/h14H,1,4-12H2,2-3H3,(H,19,20)/t14-,16+,17+,18?/m0/s1. The first-order valence-electron chi connectivity index (χ1n) is 8.24. The van der Waals surface area contributed by atoms with E-state index in [1.54, 1.807) is 0 Å². The highest BCUT2D eigenvalue weighted by atomic mass is 16.4. The molecule has 0 aromatic heterocycles.